The first kappa shape index (κ1) is 33.7. The lowest BCUT2D eigenvalue weighted by Crippen LogP contribution is -2.20. The summed E-state index contributed by atoms with van der Waals surface area (Å²) in [7, 11) is 0. The predicted molar refractivity (Wildman–Crippen MR) is 218 cm³/mol. The van der Waals surface area contributed by atoms with E-state index in [0.717, 1.165) is 18.4 Å². The zero-order chi connectivity index (χ0) is 39.1. The number of fused-ring (bicyclic) bond motifs is 2. The average molecular weight is 763 g/mol. The van der Waals surface area contributed by atoms with E-state index < -0.39 is 24.0 Å². The Labute approximate surface area is 330 Å². The molecule has 0 saturated heterocycles. The highest BCUT2D eigenvalue weighted by molar-refractivity contribution is 6.42. The van der Waals surface area contributed by atoms with Crippen LogP contribution in [-0.4, -0.2) is 17.9 Å². The van der Waals surface area contributed by atoms with Crippen LogP contribution >= 0.6 is 0 Å². The maximum Gasteiger partial charge on any atom is 0.346 e. The van der Waals surface area contributed by atoms with Gasteiger partial charge in [-0.2, -0.15) is 0 Å². The number of benzene rings is 8. The van der Waals surface area contributed by atoms with Crippen LogP contribution in [0.3, 0.4) is 0 Å². The van der Waals surface area contributed by atoms with E-state index in [-0.39, 0.29) is 11.1 Å². The van der Waals surface area contributed by atoms with Crippen LogP contribution in [0.4, 0.5) is 0 Å². The Kier molecular flexibility index (Phi) is 7.52. The van der Waals surface area contributed by atoms with Crippen LogP contribution in [0.15, 0.2) is 139 Å². The van der Waals surface area contributed by atoms with Gasteiger partial charge in [-0.25, -0.2) is 14.4 Å². The van der Waals surface area contributed by atoms with Crippen molar-refractivity contribution in [2.45, 2.75) is 25.9 Å². The average Bonchev–Trinajstić information content (AvgIpc) is 3.24. The first-order chi connectivity index (χ1) is 28.4. The summed E-state index contributed by atoms with van der Waals surface area (Å²) in [5, 5.41) is 4.35. The van der Waals surface area contributed by atoms with Crippen LogP contribution < -0.4 is 18.9 Å². The molecule has 2 heterocycles. The molecule has 8 aromatic carbocycles. The second-order valence-electron chi connectivity index (χ2n) is 14.4. The molecule has 9 nitrogen and oxygen atoms in total. The molecule has 0 spiro atoms. The van der Waals surface area contributed by atoms with E-state index in [1.807, 2.05) is 122 Å². The Hall–Kier alpha value is -7.65. The van der Waals surface area contributed by atoms with Crippen molar-refractivity contribution in [3.8, 4) is 40.2 Å². The number of hydrogen-bond donors (Lipinski definition) is 0. The molecule has 1 atom stereocenters. The van der Waals surface area contributed by atoms with Crippen LogP contribution in [0.1, 0.15) is 62.5 Å². The van der Waals surface area contributed by atoms with E-state index in [2.05, 4.69) is 0 Å². The Bertz CT molecular complexity index is 3090. The highest BCUT2D eigenvalue weighted by Crippen LogP contribution is 2.58. The smallest absolute Gasteiger partial charge is 0.346 e. The van der Waals surface area contributed by atoms with Gasteiger partial charge in [0.15, 0.2) is 0 Å². The second kappa shape index (κ2) is 13.0. The molecule has 0 aromatic heterocycles. The highest BCUT2D eigenvalue weighted by atomic mass is 16.6. The first-order valence-electron chi connectivity index (χ1n) is 19.0. The third kappa shape index (κ3) is 5.20. The van der Waals surface area contributed by atoms with Gasteiger partial charge in [0.1, 0.15) is 52.1 Å². The van der Waals surface area contributed by atoms with Crippen molar-refractivity contribution in [2.24, 2.45) is 0 Å². The van der Waals surface area contributed by atoms with E-state index >= 15 is 0 Å². The fraction of sp³-hybridized carbons (Fsp3) is 0.0816. The molecule has 280 valence electrons. The third-order valence-electron chi connectivity index (χ3n) is 10.9. The quantitative estimate of drug-likeness (QED) is 0.0647. The molecular formula is C49H30O9. The summed E-state index contributed by atoms with van der Waals surface area (Å²) < 4.78 is 38.5. The Balaban J connectivity index is 1.41. The van der Waals surface area contributed by atoms with Gasteiger partial charge in [0.2, 0.25) is 0 Å². The van der Waals surface area contributed by atoms with Crippen molar-refractivity contribution in [3.05, 3.63) is 162 Å². The monoisotopic (exact) mass is 762 g/mol. The zero-order valence-electron chi connectivity index (χ0n) is 30.9. The van der Waals surface area contributed by atoms with E-state index in [1.165, 1.54) is 0 Å². The molecular weight excluding hydrogens is 733 g/mol. The number of carbonyl (C=O) groups excluding carboxylic acids is 3. The molecule has 0 radical (unpaired) electrons. The molecule has 0 fully saturated rings. The van der Waals surface area contributed by atoms with Gasteiger partial charge in [-0.05, 0) is 92.6 Å². The van der Waals surface area contributed by atoms with Crippen molar-refractivity contribution in [1.29, 1.82) is 0 Å². The van der Waals surface area contributed by atoms with Crippen LogP contribution in [0.25, 0.3) is 43.1 Å². The summed E-state index contributed by atoms with van der Waals surface area (Å²) in [5.41, 5.74) is 1.33. The fourth-order valence-electron chi connectivity index (χ4n) is 8.44. The highest BCUT2D eigenvalue weighted by Gasteiger charge is 2.38. The van der Waals surface area contributed by atoms with Gasteiger partial charge in [0.25, 0.3) is 0 Å². The summed E-state index contributed by atoms with van der Waals surface area (Å²) in [6.07, 6.45) is 6.93. The largest absolute Gasteiger partial charge is 0.457 e. The number of para-hydroxylation sites is 3. The van der Waals surface area contributed by atoms with Gasteiger partial charge in [-0.15, -0.1) is 0 Å². The Morgan fingerprint density at radius 3 is 1.41 bits per heavy atom. The zero-order valence-corrected chi connectivity index (χ0v) is 30.9. The van der Waals surface area contributed by atoms with Gasteiger partial charge < -0.3 is 28.4 Å². The molecule has 0 N–H and O–H groups in total. The minimum atomic E-state index is -0.813. The van der Waals surface area contributed by atoms with Gasteiger partial charge in [0.05, 0.1) is 16.7 Å². The normalized spacial score (nSPS) is 15.8. The number of allylic oxidation sites excluding steroid dienone is 3. The van der Waals surface area contributed by atoms with Gasteiger partial charge in [-0.1, -0.05) is 60.7 Å². The van der Waals surface area contributed by atoms with Crippen molar-refractivity contribution in [1.82, 2.24) is 0 Å². The third-order valence-corrected chi connectivity index (χ3v) is 10.9. The summed E-state index contributed by atoms with van der Waals surface area (Å²) in [5.74, 6) is 1.39. The maximum atomic E-state index is 14.0. The number of carbonyl (C=O) groups is 3. The minimum Gasteiger partial charge on any atom is -0.457 e. The second-order valence-corrected chi connectivity index (χ2v) is 14.4. The number of hydrogen-bond acceptors (Lipinski definition) is 9. The maximum absolute atomic E-state index is 14.0. The van der Waals surface area contributed by atoms with Crippen molar-refractivity contribution >= 4 is 61.0 Å². The standard InChI is InChI=1S/C49H30O9/c1-26-31-22-35(54-27-14-6-2-7-15-27)41-43-37(56-29-18-10-4-11-19-29)24-33-40-34(49(52)58-48(33)51)25-38(57-30-20-12-5-13-21-30)44(46(40)43)42-36(55-28-16-8-3-9-17-28)23-32(47(50)53-26)39(31)45(41)42/h2,4-8,10-26H,3,9H2,1H3. The summed E-state index contributed by atoms with van der Waals surface area (Å²) in [4.78, 5) is 41.7. The Morgan fingerprint density at radius 1 is 0.483 bits per heavy atom. The molecule has 58 heavy (non-hydrogen) atoms. The topological polar surface area (TPSA) is 107 Å². The van der Waals surface area contributed by atoms with Crippen molar-refractivity contribution < 1.29 is 42.8 Å². The van der Waals surface area contributed by atoms with Crippen molar-refractivity contribution in [3.63, 3.8) is 0 Å². The molecule has 0 bridgehead atoms. The van der Waals surface area contributed by atoms with E-state index in [9.17, 15) is 14.4 Å². The van der Waals surface area contributed by atoms with Gasteiger partial charge in [0, 0.05) is 48.7 Å². The number of ether oxygens (including phenoxy) is 6. The predicted octanol–water partition coefficient (Wildman–Crippen LogP) is 12.3. The van der Waals surface area contributed by atoms with Crippen LogP contribution in [0.5, 0.6) is 40.2 Å². The fourth-order valence-corrected chi connectivity index (χ4v) is 8.44. The van der Waals surface area contributed by atoms with E-state index in [1.54, 1.807) is 18.2 Å². The minimum absolute atomic E-state index is 0.143. The number of rotatable bonds is 8. The Morgan fingerprint density at radius 2 is 0.931 bits per heavy atom. The molecule has 1 unspecified atom stereocenters. The molecule has 2 aliphatic heterocycles. The van der Waals surface area contributed by atoms with Crippen molar-refractivity contribution in [2.75, 3.05) is 0 Å². The van der Waals surface area contributed by atoms with Gasteiger partial charge >= 0.3 is 17.9 Å². The molecule has 0 amide bonds. The van der Waals surface area contributed by atoms with Gasteiger partial charge in [-0.3, -0.25) is 0 Å². The molecule has 3 aliphatic rings. The lowest BCUT2D eigenvalue weighted by atomic mass is 9.81. The lowest BCUT2D eigenvalue weighted by Gasteiger charge is -2.30. The summed E-state index contributed by atoms with van der Waals surface area (Å²) in [6.45, 7) is 1.83. The summed E-state index contributed by atoms with van der Waals surface area (Å²) >= 11 is 0. The summed E-state index contributed by atoms with van der Waals surface area (Å²) in [6, 6.07) is 34.6. The molecule has 1 aliphatic carbocycles. The number of esters is 3. The van der Waals surface area contributed by atoms with E-state index in [0.29, 0.717) is 94.7 Å². The first-order valence-corrected chi connectivity index (χ1v) is 19.0. The van der Waals surface area contributed by atoms with E-state index in [4.69, 9.17) is 28.4 Å². The van der Waals surface area contributed by atoms with Crippen LogP contribution in [-0.2, 0) is 9.47 Å². The molecule has 0 saturated carbocycles. The lowest BCUT2D eigenvalue weighted by molar-refractivity contribution is 0.0322. The van der Waals surface area contributed by atoms with Crippen LogP contribution in [0.2, 0.25) is 0 Å². The molecule has 9 heteroatoms. The SMILES string of the molecule is CC1OC(=O)c2cc(OC3=CCCC=C3)c3c4c(Oc5ccccc5)cc5c6c(cc(Oc7ccccc7)c(c7c(Oc8ccccc8)cc1c2c37)c64)C(=O)OC5=O. The molecule has 8 aromatic rings. The molecule has 11 rings (SSSR count). The number of cyclic esters (lactones) is 3. The van der Waals surface area contributed by atoms with Crippen LogP contribution in [0, 0.1) is 0 Å².